The number of halogens is 4. The molecule has 1 amide bonds. The molecular formula is C20H18F4N4O. The number of alkyl halides is 3. The number of primary amides is 1. The molecule has 0 unspecified atom stereocenters. The van der Waals surface area contributed by atoms with Gasteiger partial charge in [-0.05, 0) is 67.6 Å². The first-order valence-corrected chi connectivity index (χ1v) is 8.81. The number of amides is 1. The smallest absolute Gasteiger partial charge is 0.366 e. The van der Waals surface area contributed by atoms with Crippen molar-refractivity contribution < 1.29 is 22.4 Å². The Balaban J connectivity index is 0.000000188. The Morgan fingerprint density at radius 3 is 2.55 bits per heavy atom. The molecule has 0 fully saturated rings. The van der Waals surface area contributed by atoms with E-state index in [4.69, 9.17) is 5.73 Å². The number of hydrogen-bond acceptors (Lipinski definition) is 3. The fraction of sp³-hybridized carbons (Fsp3) is 0.250. The second-order valence-electron chi connectivity index (χ2n) is 6.68. The van der Waals surface area contributed by atoms with Gasteiger partial charge in [0.05, 0.1) is 11.4 Å². The molecule has 4 rings (SSSR count). The van der Waals surface area contributed by atoms with Gasteiger partial charge in [-0.1, -0.05) is 0 Å². The molecule has 2 aromatic heterocycles. The van der Waals surface area contributed by atoms with Gasteiger partial charge in [0.2, 0.25) is 5.91 Å². The van der Waals surface area contributed by atoms with E-state index in [0.717, 1.165) is 48.8 Å². The van der Waals surface area contributed by atoms with Crippen LogP contribution in [0.1, 0.15) is 39.3 Å². The summed E-state index contributed by atoms with van der Waals surface area (Å²) < 4.78 is 51.7. The molecule has 0 radical (unpaired) electrons. The van der Waals surface area contributed by atoms with Crippen molar-refractivity contribution in [3.8, 4) is 5.69 Å². The summed E-state index contributed by atoms with van der Waals surface area (Å²) in [6, 6.07) is 6.55. The number of nitrogens with two attached hydrogens (primary N) is 1. The lowest BCUT2D eigenvalue weighted by atomic mass is 10.1. The molecule has 2 N–H and O–H groups in total. The molecule has 5 nitrogen and oxygen atoms in total. The number of aryl methyl sites for hydroxylation is 3. The second-order valence-corrected chi connectivity index (χ2v) is 6.68. The van der Waals surface area contributed by atoms with Gasteiger partial charge in [0.25, 0.3) is 0 Å². The Kier molecular flexibility index (Phi) is 5.67. The Labute approximate surface area is 164 Å². The molecule has 9 heteroatoms. The Morgan fingerprint density at radius 1 is 1.17 bits per heavy atom. The third-order valence-corrected chi connectivity index (χ3v) is 4.36. The molecule has 0 atom stereocenters. The number of aromatic nitrogens is 3. The van der Waals surface area contributed by atoms with E-state index < -0.39 is 23.6 Å². The molecule has 152 valence electrons. The number of rotatable bonds is 2. The number of carbonyl (C=O) groups is 1. The molecule has 1 aromatic carbocycles. The van der Waals surface area contributed by atoms with Crippen LogP contribution in [0.5, 0.6) is 0 Å². The van der Waals surface area contributed by atoms with Crippen LogP contribution < -0.4 is 5.73 Å². The van der Waals surface area contributed by atoms with Gasteiger partial charge in [-0.15, -0.1) is 0 Å². The van der Waals surface area contributed by atoms with Crippen LogP contribution in [0.4, 0.5) is 17.6 Å². The van der Waals surface area contributed by atoms with Crippen molar-refractivity contribution in [2.75, 3.05) is 0 Å². The SMILES string of the molecule is Cc1cc(F)cc(C(N)=O)c1.FC(F)(F)c1cc(-n2cc3c(n2)CCC3)ccn1. The highest BCUT2D eigenvalue weighted by Crippen LogP contribution is 2.29. The topological polar surface area (TPSA) is 73.8 Å². The zero-order chi connectivity index (χ0) is 21.2. The number of carbonyl (C=O) groups excluding carboxylic acids is 1. The number of benzene rings is 1. The Bertz CT molecular complexity index is 1000. The highest BCUT2D eigenvalue weighted by molar-refractivity contribution is 5.92. The normalized spacial score (nSPS) is 12.9. The fourth-order valence-electron chi connectivity index (χ4n) is 3.04. The summed E-state index contributed by atoms with van der Waals surface area (Å²) in [6.45, 7) is 1.70. The van der Waals surface area contributed by atoms with Crippen molar-refractivity contribution in [1.82, 2.24) is 14.8 Å². The zero-order valence-corrected chi connectivity index (χ0v) is 15.5. The number of hydrogen-bond donors (Lipinski definition) is 1. The first-order valence-electron chi connectivity index (χ1n) is 8.81. The first-order chi connectivity index (χ1) is 13.6. The van der Waals surface area contributed by atoms with Crippen LogP contribution in [0, 0.1) is 12.7 Å². The summed E-state index contributed by atoms with van der Waals surface area (Å²) in [5, 5.41) is 4.31. The average Bonchev–Trinajstić information content (AvgIpc) is 3.23. The summed E-state index contributed by atoms with van der Waals surface area (Å²) in [4.78, 5) is 13.9. The highest BCUT2D eigenvalue weighted by atomic mass is 19.4. The van der Waals surface area contributed by atoms with Crippen LogP contribution in [-0.2, 0) is 19.0 Å². The monoisotopic (exact) mass is 406 g/mol. The van der Waals surface area contributed by atoms with Crippen LogP contribution in [0.25, 0.3) is 5.69 Å². The third-order valence-electron chi connectivity index (χ3n) is 4.36. The van der Waals surface area contributed by atoms with Gasteiger partial charge >= 0.3 is 6.18 Å². The quantitative estimate of drug-likeness (QED) is 0.654. The molecule has 0 saturated heterocycles. The van der Waals surface area contributed by atoms with Crippen LogP contribution in [0.2, 0.25) is 0 Å². The van der Waals surface area contributed by atoms with Crippen molar-refractivity contribution >= 4 is 5.91 Å². The Hall–Kier alpha value is -3.23. The molecule has 29 heavy (non-hydrogen) atoms. The molecule has 0 bridgehead atoms. The summed E-state index contributed by atoms with van der Waals surface area (Å²) in [5.74, 6) is -1.04. The minimum Gasteiger partial charge on any atom is -0.366 e. The summed E-state index contributed by atoms with van der Waals surface area (Å²) in [5.41, 5.74) is 7.46. The minimum atomic E-state index is -4.42. The van der Waals surface area contributed by atoms with E-state index in [9.17, 15) is 22.4 Å². The fourth-order valence-corrected chi connectivity index (χ4v) is 3.04. The lowest BCUT2D eigenvalue weighted by Crippen LogP contribution is -2.11. The summed E-state index contributed by atoms with van der Waals surface area (Å²) >= 11 is 0. The lowest BCUT2D eigenvalue weighted by molar-refractivity contribution is -0.141. The van der Waals surface area contributed by atoms with Crippen LogP contribution in [-0.4, -0.2) is 20.7 Å². The van der Waals surface area contributed by atoms with E-state index in [2.05, 4.69) is 10.1 Å². The Morgan fingerprint density at radius 2 is 1.93 bits per heavy atom. The number of pyridine rings is 1. The van der Waals surface area contributed by atoms with E-state index in [-0.39, 0.29) is 5.56 Å². The van der Waals surface area contributed by atoms with E-state index in [1.807, 2.05) is 0 Å². The highest BCUT2D eigenvalue weighted by Gasteiger charge is 2.32. The van der Waals surface area contributed by atoms with Crippen molar-refractivity contribution in [1.29, 1.82) is 0 Å². The molecular weight excluding hydrogens is 388 g/mol. The maximum Gasteiger partial charge on any atom is 0.433 e. The largest absolute Gasteiger partial charge is 0.433 e. The maximum absolute atomic E-state index is 12.6. The predicted octanol–water partition coefficient (Wildman–Crippen LogP) is 4.01. The standard InChI is InChI=1S/C12H10F3N3.C8H8FNO/c13-12(14,15)11-6-9(4-5-16-11)18-7-8-2-1-3-10(8)17-18;1-5-2-6(8(10)11)4-7(9)3-5/h4-7H,1-3H2;2-4H,1H3,(H2,10,11). The second kappa shape index (κ2) is 8.02. The van der Waals surface area contributed by atoms with Gasteiger partial charge in [0.1, 0.15) is 11.5 Å². The van der Waals surface area contributed by atoms with Crippen LogP contribution in [0.15, 0.2) is 42.7 Å². The van der Waals surface area contributed by atoms with E-state index >= 15 is 0 Å². The van der Waals surface area contributed by atoms with Crippen molar-refractivity contribution in [3.63, 3.8) is 0 Å². The molecule has 1 aliphatic rings. The number of nitrogens with zero attached hydrogens (tertiary/aromatic N) is 3. The molecule has 0 aliphatic heterocycles. The first kappa shape index (κ1) is 20.5. The van der Waals surface area contributed by atoms with Crippen LogP contribution in [0.3, 0.4) is 0 Å². The third kappa shape index (κ3) is 4.98. The molecule has 3 aromatic rings. The molecule has 0 saturated carbocycles. The van der Waals surface area contributed by atoms with Gasteiger partial charge in [0, 0.05) is 18.0 Å². The lowest BCUT2D eigenvalue weighted by Gasteiger charge is -2.07. The minimum absolute atomic E-state index is 0.211. The molecule has 0 spiro atoms. The molecule has 1 aliphatic carbocycles. The van der Waals surface area contributed by atoms with Gasteiger partial charge in [-0.3, -0.25) is 9.78 Å². The zero-order valence-electron chi connectivity index (χ0n) is 15.5. The van der Waals surface area contributed by atoms with Gasteiger partial charge < -0.3 is 5.73 Å². The van der Waals surface area contributed by atoms with Crippen molar-refractivity contribution in [2.45, 2.75) is 32.4 Å². The van der Waals surface area contributed by atoms with Gasteiger partial charge in [0.15, 0.2) is 0 Å². The van der Waals surface area contributed by atoms with Crippen molar-refractivity contribution in [3.05, 3.63) is 76.6 Å². The maximum atomic E-state index is 12.6. The van der Waals surface area contributed by atoms with Crippen LogP contribution >= 0.6 is 0 Å². The predicted molar refractivity (Wildman–Crippen MR) is 98.0 cm³/mol. The number of fused-ring (bicyclic) bond motifs is 1. The van der Waals surface area contributed by atoms with Gasteiger partial charge in [-0.2, -0.15) is 18.3 Å². The van der Waals surface area contributed by atoms with Gasteiger partial charge in [-0.25, -0.2) is 9.07 Å². The van der Waals surface area contributed by atoms with E-state index in [1.54, 1.807) is 19.2 Å². The van der Waals surface area contributed by atoms with E-state index in [0.29, 0.717) is 11.3 Å². The molecule has 2 heterocycles. The van der Waals surface area contributed by atoms with E-state index in [1.165, 1.54) is 16.8 Å². The summed E-state index contributed by atoms with van der Waals surface area (Å²) in [6.07, 6.45) is 1.46. The summed E-state index contributed by atoms with van der Waals surface area (Å²) in [7, 11) is 0. The van der Waals surface area contributed by atoms with Crippen molar-refractivity contribution in [2.24, 2.45) is 5.73 Å². The average molecular weight is 406 g/mol.